The van der Waals surface area contributed by atoms with Crippen molar-refractivity contribution in [1.29, 1.82) is 0 Å². The molecule has 0 aliphatic carbocycles. The summed E-state index contributed by atoms with van der Waals surface area (Å²) in [6, 6.07) is 9.93. The Bertz CT molecular complexity index is 765. The van der Waals surface area contributed by atoms with E-state index in [1.165, 1.54) is 0 Å². The number of hydrogen-bond acceptors (Lipinski definition) is 4. The summed E-state index contributed by atoms with van der Waals surface area (Å²) in [6.07, 6.45) is 2.73. The molecule has 2 aromatic rings. The smallest absolute Gasteiger partial charge is 0.317 e. The number of rotatable bonds is 1. The van der Waals surface area contributed by atoms with E-state index >= 15 is 0 Å². The Morgan fingerprint density at radius 2 is 2.17 bits per heavy atom. The Labute approximate surface area is 140 Å². The predicted molar refractivity (Wildman–Crippen MR) is 89.4 cm³/mol. The van der Waals surface area contributed by atoms with Gasteiger partial charge in [-0.25, -0.2) is 14.8 Å². The number of carbonyl (C=O) groups excluding carboxylic acids is 1. The first-order chi connectivity index (χ1) is 11.7. The van der Waals surface area contributed by atoms with Crippen molar-refractivity contribution in [2.75, 3.05) is 26.7 Å². The van der Waals surface area contributed by atoms with E-state index in [0.29, 0.717) is 26.3 Å². The number of aromatic nitrogens is 2. The molecule has 24 heavy (non-hydrogen) atoms. The highest BCUT2D eigenvalue weighted by atomic mass is 16.5. The third kappa shape index (κ3) is 2.43. The van der Waals surface area contributed by atoms with Crippen molar-refractivity contribution in [2.24, 2.45) is 0 Å². The number of hydrogen-bond donors (Lipinski definition) is 1. The van der Waals surface area contributed by atoms with Crippen molar-refractivity contribution in [2.45, 2.75) is 18.4 Å². The molecule has 1 saturated heterocycles. The maximum absolute atomic E-state index is 12.0. The van der Waals surface area contributed by atoms with Gasteiger partial charge in [0.2, 0.25) is 0 Å². The lowest BCUT2D eigenvalue weighted by molar-refractivity contribution is 0.0519. The fraction of sp³-hybridized carbons (Fsp3) is 0.389. The van der Waals surface area contributed by atoms with Crippen LogP contribution in [0.1, 0.15) is 17.7 Å². The molecular weight excluding hydrogens is 304 g/mol. The maximum atomic E-state index is 12.0. The van der Waals surface area contributed by atoms with Crippen molar-refractivity contribution >= 4 is 6.03 Å². The molecule has 0 saturated carbocycles. The number of nitrogens with zero attached hydrogens (tertiary/aromatic N) is 3. The van der Waals surface area contributed by atoms with E-state index in [0.717, 1.165) is 29.1 Å². The first-order valence-electron chi connectivity index (χ1n) is 8.18. The average Bonchev–Trinajstić information content (AvgIpc) is 3.07. The summed E-state index contributed by atoms with van der Waals surface area (Å²) < 4.78 is 5.80. The zero-order valence-corrected chi connectivity index (χ0v) is 13.7. The van der Waals surface area contributed by atoms with Gasteiger partial charge in [0, 0.05) is 37.5 Å². The van der Waals surface area contributed by atoms with Crippen molar-refractivity contribution in [3.63, 3.8) is 0 Å². The van der Waals surface area contributed by atoms with Gasteiger partial charge in [0.05, 0.1) is 24.3 Å². The van der Waals surface area contributed by atoms with E-state index in [1.807, 2.05) is 41.4 Å². The van der Waals surface area contributed by atoms with Crippen LogP contribution in [0.3, 0.4) is 0 Å². The Balaban J connectivity index is 1.73. The minimum absolute atomic E-state index is 0.0451. The molecule has 1 N–H and O–H groups in total. The summed E-state index contributed by atoms with van der Waals surface area (Å²) >= 11 is 0. The second-order valence-corrected chi connectivity index (χ2v) is 6.43. The molecule has 2 amide bonds. The summed E-state index contributed by atoms with van der Waals surface area (Å²) in [6.45, 7) is 2.48. The molecule has 1 unspecified atom stereocenters. The molecule has 1 aromatic carbocycles. The minimum atomic E-state index is -0.230. The van der Waals surface area contributed by atoms with Crippen LogP contribution in [0.15, 0.2) is 36.5 Å². The number of ether oxygens (including phenoxy) is 1. The van der Waals surface area contributed by atoms with Crippen molar-refractivity contribution < 1.29 is 9.53 Å². The third-order valence-electron chi connectivity index (χ3n) is 4.89. The molecule has 1 fully saturated rings. The SMILES string of the molecule is CNC(=O)N1CCC2(COCc3cnc(-c4ccccc4)nc32)C1. The van der Waals surface area contributed by atoms with Crippen LogP contribution < -0.4 is 5.32 Å². The second kappa shape index (κ2) is 5.87. The van der Waals surface area contributed by atoms with Gasteiger partial charge in [-0.05, 0) is 6.42 Å². The first kappa shape index (κ1) is 15.1. The van der Waals surface area contributed by atoms with Gasteiger partial charge in [-0.1, -0.05) is 30.3 Å². The largest absolute Gasteiger partial charge is 0.376 e. The number of likely N-dealkylation sites (tertiary alicyclic amines) is 1. The molecule has 3 heterocycles. The van der Waals surface area contributed by atoms with E-state index in [1.54, 1.807) is 7.05 Å². The van der Waals surface area contributed by atoms with Crippen LogP contribution >= 0.6 is 0 Å². The first-order valence-corrected chi connectivity index (χ1v) is 8.18. The van der Waals surface area contributed by atoms with E-state index < -0.39 is 0 Å². The summed E-state index contributed by atoms with van der Waals surface area (Å²) in [4.78, 5) is 23.2. The van der Waals surface area contributed by atoms with Crippen LogP contribution in [-0.4, -0.2) is 47.6 Å². The summed E-state index contributed by atoms with van der Waals surface area (Å²) in [5, 5.41) is 2.70. The molecule has 0 bridgehead atoms. The van der Waals surface area contributed by atoms with Crippen molar-refractivity contribution in [3.05, 3.63) is 47.8 Å². The van der Waals surface area contributed by atoms with E-state index in [2.05, 4.69) is 10.3 Å². The molecule has 1 atom stereocenters. The van der Waals surface area contributed by atoms with Crippen LogP contribution in [0.2, 0.25) is 0 Å². The molecular formula is C18H20N4O2. The Kier molecular flexibility index (Phi) is 3.69. The van der Waals surface area contributed by atoms with Crippen LogP contribution in [0, 0.1) is 0 Å². The van der Waals surface area contributed by atoms with Gasteiger partial charge in [-0.2, -0.15) is 0 Å². The van der Waals surface area contributed by atoms with E-state index in [4.69, 9.17) is 9.72 Å². The van der Waals surface area contributed by atoms with Gasteiger partial charge in [0.25, 0.3) is 0 Å². The zero-order chi connectivity index (χ0) is 16.6. The van der Waals surface area contributed by atoms with Crippen LogP contribution in [0.5, 0.6) is 0 Å². The summed E-state index contributed by atoms with van der Waals surface area (Å²) in [5.74, 6) is 0.731. The monoisotopic (exact) mass is 324 g/mol. The molecule has 4 rings (SSSR count). The quantitative estimate of drug-likeness (QED) is 0.871. The molecule has 6 nitrogen and oxygen atoms in total. The number of fused-ring (bicyclic) bond motifs is 2. The van der Waals surface area contributed by atoms with Gasteiger partial charge < -0.3 is 15.0 Å². The molecule has 2 aliphatic rings. The van der Waals surface area contributed by atoms with Gasteiger partial charge in [0.15, 0.2) is 5.82 Å². The number of carbonyl (C=O) groups is 1. The number of urea groups is 1. The topological polar surface area (TPSA) is 67.4 Å². The second-order valence-electron chi connectivity index (χ2n) is 6.43. The maximum Gasteiger partial charge on any atom is 0.317 e. The number of nitrogens with one attached hydrogen (secondary N) is 1. The molecule has 1 aromatic heterocycles. The fourth-order valence-electron chi connectivity index (χ4n) is 3.64. The Morgan fingerprint density at radius 3 is 2.96 bits per heavy atom. The average molecular weight is 324 g/mol. The molecule has 6 heteroatoms. The number of benzene rings is 1. The lowest BCUT2D eigenvalue weighted by Crippen LogP contribution is -2.43. The van der Waals surface area contributed by atoms with Gasteiger partial charge in [-0.15, -0.1) is 0 Å². The van der Waals surface area contributed by atoms with Crippen molar-refractivity contribution in [1.82, 2.24) is 20.2 Å². The Hall–Kier alpha value is -2.47. The van der Waals surface area contributed by atoms with Crippen molar-refractivity contribution in [3.8, 4) is 11.4 Å². The highest BCUT2D eigenvalue weighted by Crippen LogP contribution is 2.39. The van der Waals surface area contributed by atoms with Crippen LogP contribution in [-0.2, 0) is 16.8 Å². The molecule has 124 valence electrons. The van der Waals surface area contributed by atoms with Crippen LogP contribution in [0.25, 0.3) is 11.4 Å². The third-order valence-corrected chi connectivity index (χ3v) is 4.89. The predicted octanol–water partition coefficient (Wildman–Crippen LogP) is 1.96. The molecule has 2 aliphatic heterocycles. The van der Waals surface area contributed by atoms with E-state index in [-0.39, 0.29) is 11.4 Å². The summed E-state index contributed by atoms with van der Waals surface area (Å²) in [5.41, 5.74) is 2.84. The fourth-order valence-corrected chi connectivity index (χ4v) is 3.64. The van der Waals surface area contributed by atoms with Crippen LogP contribution in [0.4, 0.5) is 4.79 Å². The lowest BCUT2D eigenvalue weighted by Gasteiger charge is -2.34. The zero-order valence-electron chi connectivity index (χ0n) is 13.7. The minimum Gasteiger partial charge on any atom is -0.376 e. The highest BCUT2D eigenvalue weighted by molar-refractivity contribution is 5.74. The number of amides is 2. The Morgan fingerprint density at radius 1 is 1.33 bits per heavy atom. The highest BCUT2D eigenvalue weighted by Gasteiger charge is 2.46. The molecule has 0 radical (unpaired) electrons. The van der Waals surface area contributed by atoms with Gasteiger partial charge in [0.1, 0.15) is 0 Å². The molecule has 1 spiro atoms. The lowest BCUT2D eigenvalue weighted by atomic mass is 9.80. The summed E-state index contributed by atoms with van der Waals surface area (Å²) in [7, 11) is 1.66. The van der Waals surface area contributed by atoms with E-state index in [9.17, 15) is 4.79 Å². The van der Waals surface area contributed by atoms with Gasteiger partial charge >= 0.3 is 6.03 Å². The standard InChI is InChI=1S/C18H20N4O2/c1-19-17(23)22-8-7-18(11-22)12-24-10-14-9-20-16(21-15(14)18)13-5-3-2-4-6-13/h2-6,9H,7-8,10-12H2,1H3,(H,19,23). The van der Waals surface area contributed by atoms with Gasteiger partial charge in [-0.3, -0.25) is 0 Å². The normalized spacial score (nSPS) is 22.5.